The van der Waals surface area contributed by atoms with Crippen LogP contribution in [0.4, 0.5) is 5.13 Å². The number of thiazole rings is 1. The lowest BCUT2D eigenvalue weighted by molar-refractivity contribution is 0.0982. The summed E-state index contributed by atoms with van der Waals surface area (Å²) in [6.45, 7) is 3.03. The van der Waals surface area contributed by atoms with Gasteiger partial charge in [0.25, 0.3) is 5.91 Å². The fourth-order valence-electron chi connectivity index (χ4n) is 3.94. The van der Waals surface area contributed by atoms with E-state index in [-0.39, 0.29) is 18.0 Å². The Morgan fingerprint density at radius 2 is 1.79 bits per heavy atom. The van der Waals surface area contributed by atoms with Gasteiger partial charge < -0.3 is 9.32 Å². The summed E-state index contributed by atoms with van der Waals surface area (Å²) in [6, 6.07) is 19.2. The monoisotopic (exact) mass is 493 g/mol. The number of para-hydroxylation sites is 1. The van der Waals surface area contributed by atoms with E-state index in [9.17, 15) is 9.59 Å². The quantitative estimate of drug-likeness (QED) is 0.239. The van der Waals surface area contributed by atoms with Crippen LogP contribution in [0.1, 0.15) is 15.9 Å². The first-order valence-electron chi connectivity index (χ1n) is 10.7. The highest BCUT2D eigenvalue weighted by atomic mass is 35.5. The number of aromatic nitrogens is 1. The molecule has 8 heteroatoms. The summed E-state index contributed by atoms with van der Waals surface area (Å²) in [5.41, 5.74) is 1.75. The number of amides is 1. The van der Waals surface area contributed by atoms with E-state index in [1.165, 1.54) is 11.3 Å². The lowest BCUT2D eigenvalue weighted by Gasteiger charge is -2.21. The van der Waals surface area contributed by atoms with Crippen LogP contribution in [0.15, 0.2) is 69.9 Å². The average Bonchev–Trinajstić information content (AvgIpc) is 3.23. The number of fused-ring (bicyclic) bond motifs is 4. The molecule has 5 rings (SSSR count). The van der Waals surface area contributed by atoms with Crippen LogP contribution in [0.25, 0.3) is 32.0 Å². The number of carbonyl (C=O) groups is 1. The van der Waals surface area contributed by atoms with Crippen molar-refractivity contribution in [2.24, 2.45) is 0 Å². The zero-order valence-corrected chi connectivity index (χ0v) is 20.7. The smallest absolute Gasteiger partial charge is 0.349 e. The first-order chi connectivity index (χ1) is 15.9. The normalized spacial score (nSPS) is 11.3. The molecule has 0 aliphatic heterocycles. The summed E-state index contributed by atoms with van der Waals surface area (Å²) in [7, 11) is 3.89. The molecule has 174 valence electrons. The van der Waals surface area contributed by atoms with Crippen LogP contribution in [-0.4, -0.2) is 43.0 Å². The Balaban J connectivity index is 0.00000274. The van der Waals surface area contributed by atoms with E-state index in [1.807, 2.05) is 74.4 Å². The largest absolute Gasteiger partial charge is 0.422 e. The lowest BCUT2D eigenvalue weighted by Crippen LogP contribution is -2.38. The molecule has 34 heavy (non-hydrogen) atoms. The standard InChI is InChI=1S/C26H23N3O3S.ClH/c1-16-7-6-10-22-23(16)27-26(33-22)29(14-13-28(2)3)24(30)20-15-19-18-9-5-4-8-17(18)11-12-21(19)32-25(20)31;/h4-12,15H,13-14H2,1-3H3;1H. The number of nitrogens with zero attached hydrogens (tertiary/aromatic N) is 3. The van der Waals surface area contributed by atoms with E-state index in [0.29, 0.717) is 23.8 Å². The summed E-state index contributed by atoms with van der Waals surface area (Å²) < 4.78 is 6.59. The molecule has 2 heterocycles. The molecule has 0 N–H and O–H groups in total. The van der Waals surface area contributed by atoms with Gasteiger partial charge in [-0.15, -0.1) is 12.4 Å². The predicted molar refractivity (Wildman–Crippen MR) is 142 cm³/mol. The van der Waals surface area contributed by atoms with Crippen LogP contribution in [0.5, 0.6) is 0 Å². The molecule has 0 radical (unpaired) electrons. The lowest BCUT2D eigenvalue weighted by atomic mass is 10.0. The first-order valence-corrected chi connectivity index (χ1v) is 11.5. The zero-order chi connectivity index (χ0) is 23.1. The Bertz CT molecular complexity index is 1570. The molecule has 0 aliphatic carbocycles. The molecule has 0 aliphatic rings. The van der Waals surface area contributed by atoms with Crippen LogP contribution in [-0.2, 0) is 0 Å². The predicted octanol–water partition coefficient (Wildman–Crippen LogP) is 5.49. The van der Waals surface area contributed by atoms with Crippen molar-refractivity contribution >= 4 is 66.7 Å². The van der Waals surface area contributed by atoms with Gasteiger partial charge in [0.1, 0.15) is 11.1 Å². The Morgan fingerprint density at radius 3 is 2.56 bits per heavy atom. The molecular formula is C26H24ClN3O3S. The van der Waals surface area contributed by atoms with Crippen LogP contribution in [0.3, 0.4) is 0 Å². The van der Waals surface area contributed by atoms with Gasteiger partial charge >= 0.3 is 5.63 Å². The van der Waals surface area contributed by atoms with Crippen molar-refractivity contribution in [1.82, 2.24) is 9.88 Å². The maximum atomic E-state index is 13.7. The van der Waals surface area contributed by atoms with Gasteiger partial charge in [0.15, 0.2) is 5.13 Å². The summed E-state index contributed by atoms with van der Waals surface area (Å²) in [6.07, 6.45) is 0. The topological polar surface area (TPSA) is 66.7 Å². The number of aryl methyl sites for hydroxylation is 1. The van der Waals surface area contributed by atoms with Gasteiger partial charge in [-0.2, -0.15) is 0 Å². The maximum absolute atomic E-state index is 13.7. The molecule has 6 nitrogen and oxygen atoms in total. The number of anilines is 1. The van der Waals surface area contributed by atoms with Crippen molar-refractivity contribution in [1.29, 1.82) is 0 Å². The molecule has 1 amide bonds. The van der Waals surface area contributed by atoms with E-state index in [2.05, 4.69) is 0 Å². The number of hydrogen-bond donors (Lipinski definition) is 0. The molecule has 0 fully saturated rings. The Labute approximate surface area is 206 Å². The van der Waals surface area contributed by atoms with Gasteiger partial charge in [-0.25, -0.2) is 9.78 Å². The van der Waals surface area contributed by atoms with Crippen molar-refractivity contribution in [2.45, 2.75) is 6.92 Å². The SMILES string of the molecule is Cc1cccc2sc(N(CCN(C)C)C(=O)c3cc4c(ccc5ccccc54)oc3=O)nc12.Cl. The highest BCUT2D eigenvalue weighted by Gasteiger charge is 2.25. The summed E-state index contributed by atoms with van der Waals surface area (Å²) in [4.78, 5) is 34.9. The van der Waals surface area contributed by atoms with Crippen LogP contribution in [0.2, 0.25) is 0 Å². The van der Waals surface area contributed by atoms with Gasteiger partial charge in [0.05, 0.1) is 10.2 Å². The summed E-state index contributed by atoms with van der Waals surface area (Å²) in [5.74, 6) is -0.405. The zero-order valence-electron chi connectivity index (χ0n) is 19.1. The number of hydrogen-bond acceptors (Lipinski definition) is 6. The second-order valence-electron chi connectivity index (χ2n) is 8.32. The van der Waals surface area contributed by atoms with Crippen LogP contribution >= 0.6 is 23.7 Å². The van der Waals surface area contributed by atoms with E-state index < -0.39 is 11.5 Å². The Morgan fingerprint density at radius 1 is 1.00 bits per heavy atom. The van der Waals surface area contributed by atoms with E-state index in [1.54, 1.807) is 17.0 Å². The highest BCUT2D eigenvalue weighted by Crippen LogP contribution is 2.32. The Hall–Kier alpha value is -3.26. The van der Waals surface area contributed by atoms with Gasteiger partial charge in [-0.05, 0) is 55.6 Å². The van der Waals surface area contributed by atoms with Crippen LogP contribution in [0, 0.1) is 6.92 Å². The molecule has 5 aromatic rings. The van der Waals surface area contributed by atoms with Crippen molar-refractivity contribution in [3.8, 4) is 0 Å². The number of halogens is 1. The van der Waals surface area contributed by atoms with Gasteiger partial charge in [0, 0.05) is 18.5 Å². The van der Waals surface area contributed by atoms with E-state index in [4.69, 9.17) is 9.40 Å². The third kappa shape index (κ3) is 4.30. The first kappa shape index (κ1) is 23.9. The molecule has 0 bridgehead atoms. The molecule has 0 saturated heterocycles. The average molecular weight is 494 g/mol. The molecule has 2 aromatic heterocycles. The number of rotatable bonds is 5. The third-order valence-corrected chi connectivity index (χ3v) is 6.77. The summed E-state index contributed by atoms with van der Waals surface area (Å²) in [5, 5.41) is 3.26. The van der Waals surface area contributed by atoms with Gasteiger partial charge in [0.2, 0.25) is 0 Å². The van der Waals surface area contributed by atoms with Crippen molar-refractivity contribution in [2.75, 3.05) is 32.1 Å². The van der Waals surface area contributed by atoms with Crippen molar-refractivity contribution in [3.63, 3.8) is 0 Å². The van der Waals surface area contributed by atoms with E-state index >= 15 is 0 Å². The Kier molecular flexibility index (Phi) is 6.70. The van der Waals surface area contributed by atoms with Crippen LogP contribution < -0.4 is 10.5 Å². The minimum atomic E-state index is -0.644. The molecular weight excluding hydrogens is 470 g/mol. The van der Waals surface area contributed by atoms with Gasteiger partial charge in [-0.3, -0.25) is 9.69 Å². The maximum Gasteiger partial charge on any atom is 0.349 e. The minimum Gasteiger partial charge on any atom is -0.422 e. The fourth-order valence-corrected chi connectivity index (χ4v) is 5.01. The van der Waals surface area contributed by atoms with Crippen molar-refractivity contribution in [3.05, 3.63) is 82.2 Å². The summed E-state index contributed by atoms with van der Waals surface area (Å²) >= 11 is 1.45. The molecule has 0 unspecified atom stereocenters. The second-order valence-corrected chi connectivity index (χ2v) is 9.33. The van der Waals surface area contributed by atoms with E-state index in [0.717, 1.165) is 31.9 Å². The molecule has 0 spiro atoms. The number of carbonyl (C=O) groups excluding carboxylic acids is 1. The minimum absolute atomic E-state index is 0. The number of benzene rings is 3. The molecule has 0 saturated carbocycles. The fraction of sp³-hybridized carbons (Fsp3) is 0.192. The van der Waals surface area contributed by atoms with Crippen molar-refractivity contribution < 1.29 is 9.21 Å². The second kappa shape index (κ2) is 9.54. The molecule has 3 aromatic carbocycles. The highest BCUT2D eigenvalue weighted by molar-refractivity contribution is 7.22. The third-order valence-electron chi connectivity index (χ3n) is 5.73. The molecule has 0 atom stereocenters. The number of likely N-dealkylation sites (N-methyl/N-ethyl adjacent to an activating group) is 1. The van der Waals surface area contributed by atoms with Gasteiger partial charge in [-0.1, -0.05) is 53.8 Å².